The molecule has 0 spiro atoms. The summed E-state index contributed by atoms with van der Waals surface area (Å²) < 4.78 is 11.0. The van der Waals surface area contributed by atoms with Crippen LogP contribution < -0.4 is 0 Å². The van der Waals surface area contributed by atoms with Gasteiger partial charge in [-0.3, -0.25) is 0 Å². The van der Waals surface area contributed by atoms with Crippen LogP contribution >= 0.6 is 0 Å². The molecule has 2 rings (SSSR count). The summed E-state index contributed by atoms with van der Waals surface area (Å²) in [6, 6.07) is 7.61. The van der Waals surface area contributed by atoms with Gasteiger partial charge in [-0.05, 0) is 78.0 Å². The Morgan fingerprint density at radius 3 is 2.07 bits per heavy atom. The van der Waals surface area contributed by atoms with Crippen molar-refractivity contribution in [1.82, 2.24) is 4.90 Å². The molecule has 2 atom stereocenters. The molecule has 1 amide bonds. The largest absolute Gasteiger partial charge is 0.456 e. The van der Waals surface area contributed by atoms with Crippen molar-refractivity contribution in [3.8, 4) is 0 Å². The molecule has 1 aromatic carbocycles. The van der Waals surface area contributed by atoms with Gasteiger partial charge in [-0.1, -0.05) is 19.1 Å². The molecule has 0 bridgehead atoms. The molecule has 0 radical (unpaired) electrons. The number of benzene rings is 1. The van der Waals surface area contributed by atoms with Gasteiger partial charge < -0.3 is 14.4 Å². The Bertz CT molecular complexity index is 682. The number of nitrogens with zero attached hydrogens (tertiary/aromatic N) is 1. The number of hydrogen-bond donors (Lipinski definition) is 0. The Hall–Kier alpha value is -2.04. The Labute approximate surface area is 169 Å². The lowest BCUT2D eigenvalue weighted by Gasteiger charge is -2.30. The summed E-state index contributed by atoms with van der Waals surface area (Å²) in [6.07, 6.45) is 1.77. The van der Waals surface area contributed by atoms with E-state index in [1.54, 1.807) is 0 Å². The van der Waals surface area contributed by atoms with E-state index >= 15 is 0 Å². The zero-order valence-corrected chi connectivity index (χ0v) is 18.4. The lowest BCUT2D eigenvalue weighted by atomic mass is 9.85. The first kappa shape index (κ1) is 22.3. The van der Waals surface area contributed by atoms with Crippen molar-refractivity contribution in [2.24, 2.45) is 5.92 Å². The van der Waals surface area contributed by atoms with Crippen LogP contribution in [0.1, 0.15) is 83.1 Å². The molecule has 0 aromatic heterocycles. The van der Waals surface area contributed by atoms with E-state index in [2.05, 4.69) is 6.92 Å². The van der Waals surface area contributed by atoms with Crippen molar-refractivity contribution in [3.63, 3.8) is 0 Å². The van der Waals surface area contributed by atoms with E-state index in [-0.39, 0.29) is 18.0 Å². The van der Waals surface area contributed by atoms with E-state index in [1.807, 2.05) is 70.7 Å². The maximum Gasteiger partial charge on any atom is 0.410 e. The third-order valence-electron chi connectivity index (χ3n) is 4.82. The minimum absolute atomic E-state index is 0.211. The average molecular weight is 390 g/mol. The van der Waals surface area contributed by atoms with Crippen LogP contribution in [0.3, 0.4) is 0 Å². The van der Waals surface area contributed by atoms with Crippen molar-refractivity contribution >= 4 is 12.1 Å². The summed E-state index contributed by atoms with van der Waals surface area (Å²) in [5.41, 5.74) is 0.665. The molecule has 1 aliphatic heterocycles. The summed E-state index contributed by atoms with van der Waals surface area (Å²) >= 11 is 0. The third kappa shape index (κ3) is 6.54. The summed E-state index contributed by atoms with van der Waals surface area (Å²) in [5, 5.41) is 0. The maximum atomic E-state index is 12.6. The predicted octanol–water partition coefficient (Wildman–Crippen LogP) is 5.39. The Morgan fingerprint density at radius 2 is 1.54 bits per heavy atom. The van der Waals surface area contributed by atoms with Gasteiger partial charge in [-0.25, -0.2) is 9.59 Å². The highest BCUT2D eigenvalue weighted by molar-refractivity contribution is 5.89. The molecule has 28 heavy (non-hydrogen) atoms. The zero-order valence-electron chi connectivity index (χ0n) is 18.4. The van der Waals surface area contributed by atoms with E-state index in [1.165, 1.54) is 0 Å². The van der Waals surface area contributed by atoms with Gasteiger partial charge >= 0.3 is 12.1 Å². The van der Waals surface area contributed by atoms with Crippen LogP contribution in [-0.4, -0.2) is 41.3 Å². The van der Waals surface area contributed by atoms with Gasteiger partial charge in [0.2, 0.25) is 0 Å². The molecular weight excluding hydrogens is 354 g/mol. The molecule has 0 unspecified atom stereocenters. The van der Waals surface area contributed by atoms with Crippen molar-refractivity contribution in [1.29, 1.82) is 0 Å². The van der Waals surface area contributed by atoms with E-state index in [0.717, 1.165) is 18.4 Å². The number of carbonyl (C=O) groups is 2. The van der Waals surface area contributed by atoms with Crippen LogP contribution in [0.5, 0.6) is 0 Å². The lowest BCUT2D eigenvalue weighted by Crippen LogP contribution is -2.39. The number of rotatable bonds is 2. The first-order chi connectivity index (χ1) is 12.9. The van der Waals surface area contributed by atoms with Gasteiger partial charge in [-0.2, -0.15) is 0 Å². The van der Waals surface area contributed by atoms with Crippen LogP contribution in [0.2, 0.25) is 0 Å². The minimum atomic E-state index is -0.514. The molecule has 5 heteroatoms. The molecule has 5 nitrogen and oxygen atoms in total. The fourth-order valence-corrected chi connectivity index (χ4v) is 3.44. The molecule has 0 aliphatic carbocycles. The second-order valence-electron chi connectivity index (χ2n) is 9.78. The monoisotopic (exact) mass is 389 g/mol. The van der Waals surface area contributed by atoms with Gasteiger partial charge in [0.05, 0.1) is 5.56 Å². The Balaban J connectivity index is 2.15. The Kier molecular flexibility index (Phi) is 6.79. The van der Waals surface area contributed by atoms with E-state index in [0.29, 0.717) is 24.6 Å². The summed E-state index contributed by atoms with van der Waals surface area (Å²) in [5.74, 6) is 0.339. The van der Waals surface area contributed by atoms with E-state index in [9.17, 15) is 9.59 Å². The molecule has 1 saturated heterocycles. The van der Waals surface area contributed by atoms with Gasteiger partial charge in [-0.15, -0.1) is 0 Å². The van der Waals surface area contributed by atoms with Gasteiger partial charge in [0.25, 0.3) is 0 Å². The minimum Gasteiger partial charge on any atom is -0.456 e. The standard InChI is InChI=1S/C23H35NO4/c1-16-9-8-14-24(21(26)28-23(5,6)7)15-19(16)17-10-12-18(13-11-17)20(25)27-22(2,3)4/h10-13,16,19H,8-9,14-15H2,1-7H3/t16-,19-/m1/s1. The highest BCUT2D eigenvalue weighted by Crippen LogP contribution is 2.32. The number of hydrogen-bond acceptors (Lipinski definition) is 4. The molecular formula is C23H35NO4. The molecule has 1 aliphatic rings. The van der Waals surface area contributed by atoms with Crippen molar-refractivity contribution in [3.05, 3.63) is 35.4 Å². The van der Waals surface area contributed by atoms with Crippen LogP contribution in [0.25, 0.3) is 0 Å². The molecule has 1 fully saturated rings. The second kappa shape index (κ2) is 8.54. The maximum absolute atomic E-state index is 12.6. The second-order valence-corrected chi connectivity index (χ2v) is 9.78. The molecule has 1 aromatic rings. The Morgan fingerprint density at radius 1 is 0.964 bits per heavy atom. The fourth-order valence-electron chi connectivity index (χ4n) is 3.44. The van der Waals surface area contributed by atoms with Gasteiger partial charge in [0.1, 0.15) is 11.2 Å². The third-order valence-corrected chi connectivity index (χ3v) is 4.82. The summed E-state index contributed by atoms with van der Waals surface area (Å²) in [4.78, 5) is 26.6. The average Bonchev–Trinajstić information content (AvgIpc) is 2.74. The van der Waals surface area contributed by atoms with Crippen LogP contribution in [0, 0.1) is 5.92 Å². The quantitative estimate of drug-likeness (QED) is 0.636. The van der Waals surface area contributed by atoms with Crippen LogP contribution in [0.15, 0.2) is 24.3 Å². The predicted molar refractivity (Wildman–Crippen MR) is 111 cm³/mol. The first-order valence-corrected chi connectivity index (χ1v) is 10.2. The summed E-state index contributed by atoms with van der Waals surface area (Å²) in [6.45, 7) is 14.8. The molecule has 0 N–H and O–H groups in total. The van der Waals surface area contributed by atoms with Crippen LogP contribution in [0.4, 0.5) is 4.79 Å². The van der Waals surface area contributed by atoms with E-state index in [4.69, 9.17) is 9.47 Å². The number of carbonyl (C=O) groups excluding carboxylic acids is 2. The number of amides is 1. The molecule has 156 valence electrons. The normalized spacial score (nSPS) is 21.0. The smallest absolute Gasteiger partial charge is 0.410 e. The fraction of sp³-hybridized carbons (Fsp3) is 0.652. The van der Waals surface area contributed by atoms with Crippen molar-refractivity contribution < 1.29 is 19.1 Å². The number of esters is 1. The SMILES string of the molecule is C[C@@H]1CCCN(C(=O)OC(C)(C)C)C[C@H]1c1ccc(C(=O)OC(C)(C)C)cc1. The van der Waals surface area contributed by atoms with E-state index < -0.39 is 11.2 Å². The molecule has 1 heterocycles. The highest BCUT2D eigenvalue weighted by atomic mass is 16.6. The zero-order chi connectivity index (χ0) is 21.1. The van der Waals surface area contributed by atoms with Crippen molar-refractivity contribution in [2.45, 2.75) is 78.4 Å². The van der Waals surface area contributed by atoms with Crippen molar-refractivity contribution in [2.75, 3.05) is 13.1 Å². The highest BCUT2D eigenvalue weighted by Gasteiger charge is 2.30. The van der Waals surface area contributed by atoms with Gasteiger partial charge in [0.15, 0.2) is 0 Å². The topological polar surface area (TPSA) is 55.8 Å². The number of ether oxygens (including phenoxy) is 2. The van der Waals surface area contributed by atoms with Gasteiger partial charge in [0, 0.05) is 19.0 Å². The van der Waals surface area contributed by atoms with Crippen LogP contribution in [-0.2, 0) is 9.47 Å². The lowest BCUT2D eigenvalue weighted by molar-refractivity contribution is 0.00689. The number of likely N-dealkylation sites (tertiary alicyclic amines) is 1. The first-order valence-electron chi connectivity index (χ1n) is 10.2. The summed E-state index contributed by atoms with van der Waals surface area (Å²) in [7, 11) is 0. The molecule has 0 saturated carbocycles.